The van der Waals surface area contributed by atoms with Crippen LogP contribution in [0.25, 0.3) is 11.3 Å². The quantitative estimate of drug-likeness (QED) is 0.739. The van der Waals surface area contributed by atoms with Gasteiger partial charge in [0.05, 0.1) is 5.69 Å². The molecule has 148 valence electrons. The van der Waals surface area contributed by atoms with E-state index in [2.05, 4.69) is 27.5 Å². The molecule has 7 heteroatoms. The van der Waals surface area contributed by atoms with Gasteiger partial charge in [-0.05, 0) is 67.7 Å². The summed E-state index contributed by atoms with van der Waals surface area (Å²) in [6, 6.07) is 17.1. The molecule has 0 atom stereocenters. The summed E-state index contributed by atoms with van der Waals surface area (Å²) in [5, 5.41) is 11.5. The Labute approximate surface area is 169 Å². The highest BCUT2D eigenvalue weighted by atomic mass is 19.1. The van der Waals surface area contributed by atoms with Gasteiger partial charge in [-0.1, -0.05) is 0 Å². The summed E-state index contributed by atoms with van der Waals surface area (Å²) in [4.78, 5) is 16.7. The van der Waals surface area contributed by atoms with Crippen molar-refractivity contribution in [2.24, 2.45) is 0 Å². The van der Waals surface area contributed by atoms with E-state index < -0.39 is 0 Å². The van der Waals surface area contributed by atoms with Crippen LogP contribution < -0.4 is 5.32 Å². The standard InChI is InChI=1S/C22H22FN5O/c1-27-12-14-28(15-13-27)22(29)17-4-8-19(9-5-17)24-21-11-10-20(25-26-21)16-2-6-18(23)7-3-16/h2-11H,12-15H2,1H3,(H,24,26). The summed E-state index contributed by atoms with van der Waals surface area (Å²) >= 11 is 0. The van der Waals surface area contributed by atoms with E-state index >= 15 is 0 Å². The van der Waals surface area contributed by atoms with Crippen LogP contribution in [-0.4, -0.2) is 59.1 Å². The molecule has 1 aliphatic rings. The van der Waals surface area contributed by atoms with Crippen molar-refractivity contribution in [2.45, 2.75) is 0 Å². The number of benzene rings is 2. The predicted molar refractivity (Wildman–Crippen MR) is 111 cm³/mol. The summed E-state index contributed by atoms with van der Waals surface area (Å²) in [6.45, 7) is 3.31. The van der Waals surface area contributed by atoms with Gasteiger partial charge in [-0.25, -0.2) is 4.39 Å². The number of hydrogen-bond donors (Lipinski definition) is 1. The van der Waals surface area contributed by atoms with E-state index in [1.54, 1.807) is 12.1 Å². The Bertz CT molecular complexity index is 966. The lowest BCUT2D eigenvalue weighted by atomic mass is 10.1. The summed E-state index contributed by atoms with van der Waals surface area (Å²) in [6.07, 6.45) is 0. The first kappa shape index (κ1) is 19.0. The van der Waals surface area contributed by atoms with Gasteiger partial charge >= 0.3 is 0 Å². The van der Waals surface area contributed by atoms with Crippen molar-refractivity contribution in [1.82, 2.24) is 20.0 Å². The number of carbonyl (C=O) groups excluding carboxylic acids is 1. The number of anilines is 2. The van der Waals surface area contributed by atoms with E-state index in [0.717, 1.165) is 37.4 Å². The third-order valence-corrected chi connectivity index (χ3v) is 5.00. The van der Waals surface area contributed by atoms with Gasteiger partial charge in [-0.2, -0.15) is 0 Å². The van der Waals surface area contributed by atoms with Crippen molar-refractivity contribution in [3.05, 3.63) is 72.0 Å². The Morgan fingerprint density at radius 1 is 0.897 bits per heavy atom. The minimum atomic E-state index is -0.283. The Morgan fingerprint density at radius 3 is 2.21 bits per heavy atom. The maximum atomic E-state index is 13.0. The molecule has 0 spiro atoms. The zero-order valence-electron chi connectivity index (χ0n) is 16.2. The molecular weight excluding hydrogens is 369 g/mol. The van der Waals surface area contributed by atoms with Crippen molar-refractivity contribution in [1.29, 1.82) is 0 Å². The molecular formula is C22H22FN5O. The van der Waals surface area contributed by atoms with Crippen LogP contribution >= 0.6 is 0 Å². The fourth-order valence-electron chi connectivity index (χ4n) is 3.21. The van der Waals surface area contributed by atoms with Crippen LogP contribution in [0.4, 0.5) is 15.9 Å². The molecule has 2 aromatic carbocycles. The molecule has 29 heavy (non-hydrogen) atoms. The Balaban J connectivity index is 1.39. The first-order chi connectivity index (χ1) is 14.1. The normalized spacial score (nSPS) is 14.6. The Morgan fingerprint density at radius 2 is 1.59 bits per heavy atom. The van der Waals surface area contributed by atoms with Crippen LogP contribution in [0.1, 0.15) is 10.4 Å². The van der Waals surface area contributed by atoms with E-state index in [4.69, 9.17) is 0 Å². The lowest BCUT2D eigenvalue weighted by molar-refractivity contribution is 0.0664. The molecule has 1 N–H and O–H groups in total. The zero-order chi connectivity index (χ0) is 20.2. The van der Waals surface area contributed by atoms with E-state index in [1.807, 2.05) is 41.3 Å². The number of nitrogens with zero attached hydrogens (tertiary/aromatic N) is 4. The molecule has 1 fully saturated rings. The highest BCUT2D eigenvalue weighted by molar-refractivity contribution is 5.94. The van der Waals surface area contributed by atoms with Gasteiger partial charge < -0.3 is 15.1 Å². The average Bonchev–Trinajstić information content (AvgIpc) is 2.76. The van der Waals surface area contributed by atoms with Gasteiger partial charge in [0.2, 0.25) is 0 Å². The number of amides is 1. The highest BCUT2D eigenvalue weighted by Gasteiger charge is 2.20. The molecule has 6 nitrogen and oxygen atoms in total. The van der Waals surface area contributed by atoms with Gasteiger partial charge in [0, 0.05) is 43.0 Å². The second-order valence-corrected chi connectivity index (χ2v) is 7.11. The Hall–Kier alpha value is -3.32. The monoisotopic (exact) mass is 391 g/mol. The topological polar surface area (TPSA) is 61.4 Å². The molecule has 0 aliphatic carbocycles. The van der Waals surface area contributed by atoms with E-state index in [0.29, 0.717) is 17.1 Å². The SMILES string of the molecule is CN1CCN(C(=O)c2ccc(Nc3ccc(-c4ccc(F)cc4)nn3)cc2)CC1. The van der Waals surface area contributed by atoms with Gasteiger partial charge in [-0.3, -0.25) is 4.79 Å². The lowest BCUT2D eigenvalue weighted by Gasteiger charge is -2.32. The fraction of sp³-hybridized carbons (Fsp3) is 0.227. The minimum absolute atomic E-state index is 0.0630. The average molecular weight is 391 g/mol. The largest absolute Gasteiger partial charge is 0.339 e. The van der Waals surface area contributed by atoms with Gasteiger partial charge in [0.1, 0.15) is 5.82 Å². The third kappa shape index (κ3) is 4.57. The van der Waals surface area contributed by atoms with Crippen molar-refractivity contribution < 1.29 is 9.18 Å². The van der Waals surface area contributed by atoms with Crippen LogP contribution in [0.3, 0.4) is 0 Å². The number of hydrogen-bond acceptors (Lipinski definition) is 5. The number of carbonyl (C=O) groups is 1. The van der Waals surface area contributed by atoms with E-state index in [1.165, 1.54) is 12.1 Å². The number of piperazine rings is 1. The second-order valence-electron chi connectivity index (χ2n) is 7.11. The molecule has 0 bridgehead atoms. The van der Waals surface area contributed by atoms with Crippen LogP contribution in [0, 0.1) is 5.82 Å². The number of likely N-dealkylation sites (N-methyl/N-ethyl adjacent to an activating group) is 1. The number of nitrogens with one attached hydrogen (secondary N) is 1. The fourth-order valence-corrected chi connectivity index (χ4v) is 3.21. The van der Waals surface area contributed by atoms with Crippen molar-refractivity contribution in [3.8, 4) is 11.3 Å². The van der Waals surface area contributed by atoms with Crippen LogP contribution in [0.5, 0.6) is 0 Å². The molecule has 3 aromatic rings. The smallest absolute Gasteiger partial charge is 0.253 e. The molecule has 4 rings (SSSR count). The zero-order valence-corrected chi connectivity index (χ0v) is 16.2. The maximum Gasteiger partial charge on any atom is 0.253 e. The first-order valence-electron chi connectivity index (χ1n) is 9.53. The van der Waals surface area contributed by atoms with Crippen LogP contribution in [0.15, 0.2) is 60.7 Å². The first-order valence-corrected chi connectivity index (χ1v) is 9.53. The predicted octanol–water partition coefficient (Wildman–Crippen LogP) is 3.41. The van der Waals surface area contributed by atoms with Crippen LogP contribution in [-0.2, 0) is 0 Å². The van der Waals surface area contributed by atoms with Gasteiger partial charge in [-0.15, -0.1) is 10.2 Å². The third-order valence-electron chi connectivity index (χ3n) is 5.00. The highest BCUT2D eigenvalue weighted by Crippen LogP contribution is 2.20. The summed E-state index contributed by atoms with van der Waals surface area (Å²) < 4.78 is 13.0. The molecule has 1 saturated heterocycles. The molecule has 2 heterocycles. The Kier molecular flexibility index (Phi) is 5.48. The molecule has 0 saturated carbocycles. The van der Waals surface area contributed by atoms with E-state index in [9.17, 15) is 9.18 Å². The number of rotatable bonds is 4. The lowest BCUT2D eigenvalue weighted by Crippen LogP contribution is -2.47. The molecule has 1 amide bonds. The summed E-state index contributed by atoms with van der Waals surface area (Å²) in [5.74, 6) is 0.372. The minimum Gasteiger partial charge on any atom is -0.339 e. The molecule has 1 aliphatic heterocycles. The second kappa shape index (κ2) is 8.36. The molecule has 0 radical (unpaired) electrons. The van der Waals surface area contributed by atoms with Crippen molar-refractivity contribution in [3.63, 3.8) is 0 Å². The van der Waals surface area contributed by atoms with Crippen LogP contribution in [0.2, 0.25) is 0 Å². The van der Waals surface area contributed by atoms with E-state index in [-0.39, 0.29) is 11.7 Å². The molecule has 1 aromatic heterocycles. The number of halogens is 1. The van der Waals surface area contributed by atoms with Gasteiger partial charge in [0.15, 0.2) is 5.82 Å². The van der Waals surface area contributed by atoms with Crippen molar-refractivity contribution >= 4 is 17.4 Å². The van der Waals surface area contributed by atoms with Gasteiger partial charge in [0.25, 0.3) is 5.91 Å². The van der Waals surface area contributed by atoms with Crippen molar-refractivity contribution in [2.75, 3.05) is 38.5 Å². The summed E-state index contributed by atoms with van der Waals surface area (Å²) in [7, 11) is 2.07. The maximum absolute atomic E-state index is 13.0. The molecule has 0 unspecified atom stereocenters. The summed E-state index contributed by atoms with van der Waals surface area (Å²) in [5.41, 5.74) is 2.97. The number of aromatic nitrogens is 2.